The zero-order chi connectivity index (χ0) is 22.4. The standard InChI is InChI=1S/C22H20F3N3O3/c1-2-20(30)28-19-12-14(9-10-26-19)18(29)8-5-11-31-21-13-16(22(23,24)25)15-6-3-4-7-17(15)27-21/h3-4,6-7,9-10,12-13H,2,5,8,11H2,1H3,(H,26,28,30). The number of rotatable bonds is 8. The molecule has 6 nitrogen and oxygen atoms in total. The number of carbonyl (C=O) groups is 2. The number of benzene rings is 1. The number of anilines is 1. The number of alkyl halides is 3. The van der Waals surface area contributed by atoms with Crippen molar-refractivity contribution < 1.29 is 27.5 Å². The van der Waals surface area contributed by atoms with Gasteiger partial charge in [0.05, 0.1) is 17.7 Å². The Labute approximate surface area is 176 Å². The normalized spacial score (nSPS) is 11.4. The van der Waals surface area contributed by atoms with E-state index in [1.807, 2.05) is 0 Å². The van der Waals surface area contributed by atoms with Crippen molar-refractivity contribution in [3.8, 4) is 5.88 Å². The second-order valence-corrected chi connectivity index (χ2v) is 6.73. The molecule has 0 bridgehead atoms. The molecule has 9 heteroatoms. The number of carbonyl (C=O) groups excluding carboxylic acids is 2. The first-order valence-corrected chi connectivity index (χ1v) is 9.67. The molecule has 162 valence electrons. The van der Waals surface area contributed by atoms with Crippen LogP contribution in [0.15, 0.2) is 48.7 Å². The van der Waals surface area contributed by atoms with E-state index in [1.54, 1.807) is 13.0 Å². The monoisotopic (exact) mass is 431 g/mol. The maximum absolute atomic E-state index is 13.4. The van der Waals surface area contributed by atoms with E-state index in [0.29, 0.717) is 5.56 Å². The van der Waals surface area contributed by atoms with E-state index in [9.17, 15) is 22.8 Å². The number of aromatic nitrogens is 2. The van der Waals surface area contributed by atoms with Gasteiger partial charge in [-0.25, -0.2) is 9.97 Å². The average Bonchev–Trinajstić information content (AvgIpc) is 2.75. The highest BCUT2D eigenvalue weighted by Crippen LogP contribution is 2.36. The number of nitrogens with one attached hydrogen (secondary N) is 1. The predicted octanol–water partition coefficient (Wildman–Crippen LogP) is 5.04. The Kier molecular flexibility index (Phi) is 6.84. The molecule has 31 heavy (non-hydrogen) atoms. The van der Waals surface area contributed by atoms with Crippen LogP contribution in [0.25, 0.3) is 10.9 Å². The van der Waals surface area contributed by atoms with Gasteiger partial charge in [-0.2, -0.15) is 13.2 Å². The molecule has 0 saturated heterocycles. The Morgan fingerprint density at radius 2 is 1.90 bits per heavy atom. The van der Waals surface area contributed by atoms with Crippen LogP contribution in [0.2, 0.25) is 0 Å². The SMILES string of the molecule is CCC(=O)Nc1cc(C(=O)CCCOc2cc(C(F)(F)F)c3ccccc3n2)ccn1. The molecule has 0 aliphatic rings. The van der Waals surface area contributed by atoms with Crippen LogP contribution in [-0.4, -0.2) is 28.3 Å². The van der Waals surface area contributed by atoms with Crippen molar-refractivity contribution in [2.45, 2.75) is 32.4 Å². The summed E-state index contributed by atoms with van der Waals surface area (Å²) in [5.41, 5.74) is -0.256. The van der Waals surface area contributed by atoms with E-state index >= 15 is 0 Å². The summed E-state index contributed by atoms with van der Waals surface area (Å²) in [5.74, 6) is -0.270. The molecule has 0 atom stereocenters. The lowest BCUT2D eigenvalue weighted by Gasteiger charge is -2.13. The van der Waals surface area contributed by atoms with Crippen LogP contribution in [0.1, 0.15) is 42.1 Å². The summed E-state index contributed by atoms with van der Waals surface area (Å²) in [6.45, 7) is 1.73. The number of pyridine rings is 2. The smallest absolute Gasteiger partial charge is 0.417 e. The van der Waals surface area contributed by atoms with Crippen LogP contribution >= 0.6 is 0 Å². The van der Waals surface area contributed by atoms with Gasteiger partial charge in [0.15, 0.2) is 5.78 Å². The lowest BCUT2D eigenvalue weighted by atomic mass is 10.1. The van der Waals surface area contributed by atoms with Crippen LogP contribution in [-0.2, 0) is 11.0 Å². The minimum absolute atomic E-state index is 0.00110. The first kappa shape index (κ1) is 22.2. The first-order valence-electron chi connectivity index (χ1n) is 9.67. The summed E-state index contributed by atoms with van der Waals surface area (Å²) in [6.07, 6.45) is -2.43. The predicted molar refractivity (Wildman–Crippen MR) is 109 cm³/mol. The Hall–Kier alpha value is -3.49. The average molecular weight is 431 g/mol. The van der Waals surface area contributed by atoms with Crippen molar-refractivity contribution >= 4 is 28.4 Å². The molecular formula is C22H20F3N3O3. The first-order chi connectivity index (χ1) is 14.8. The topological polar surface area (TPSA) is 81.2 Å². The Bertz CT molecular complexity index is 1100. The van der Waals surface area contributed by atoms with Crippen molar-refractivity contribution in [2.24, 2.45) is 0 Å². The van der Waals surface area contributed by atoms with Gasteiger partial charge >= 0.3 is 6.18 Å². The van der Waals surface area contributed by atoms with Gasteiger partial charge in [-0.15, -0.1) is 0 Å². The summed E-state index contributed by atoms with van der Waals surface area (Å²) in [5, 5.41) is 2.58. The number of hydrogen-bond acceptors (Lipinski definition) is 5. The minimum atomic E-state index is -4.54. The number of amides is 1. The Morgan fingerprint density at radius 1 is 1.13 bits per heavy atom. The number of nitrogens with zero attached hydrogens (tertiary/aromatic N) is 2. The summed E-state index contributed by atoms with van der Waals surface area (Å²) >= 11 is 0. The second kappa shape index (κ2) is 9.55. The summed E-state index contributed by atoms with van der Waals surface area (Å²) in [7, 11) is 0. The number of ketones is 1. The number of ether oxygens (including phenoxy) is 1. The third-order valence-corrected chi connectivity index (χ3v) is 4.47. The zero-order valence-electron chi connectivity index (χ0n) is 16.7. The summed E-state index contributed by atoms with van der Waals surface area (Å²) in [4.78, 5) is 31.9. The van der Waals surface area contributed by atoms with Crippen molar-refractivity contribution in [3.05, 3.63) is 59.8 Å². The molecule has 0 saturated carbocycles. The highest BCUT2D eigenvalue weighted by atomic mass is 19.4. The highest BCUT2D eigenvalue weighted by molar-refractivity contribution is 5.97. The van der Waals surface area contributed by atoms with Crippen LogP contribution in [0, 0.1) is 0 Å². The van der Waals surface area contributed by atoms with Gasteiger partial charge in [-0.3, -0.25) is 9.59 Å². The molecule has 0 spiro atoms. The number of hydrogen-bond donors (Lipinski definition) is 1. The number of para-hydroxylation sites is 1. The minimum Gasteiger partial charge on any atom is -0.478 e. The largest absolute Gasteiger partial charge is 0.478 e. The van der Waals surface area contributed by atoms with Crippen LogP contribution in [0.3, 0.4) is 0 Å². The fourth-order valence-corrected chi connectivity index (χ4v) is 2.92. The molecule has 1 aromatic carbocycles. The van der Waals surface area contributed by atoms with E-state index in [4.69, 9.17) is 4.74 Å². The molecule has 2 heterocycles. The van der Waals surface area contributed by atoms with Crippen molar-refractivity contribution in [2.75, 3.05) is 11.9 Å². The van der Waals surface area contributed by atoms with Gasteiger partial charge in [-0.05, 0) is 24.6 Å². The van der Waals surface area contributed by atoms with Crippen molar-refractivity contribution in [1.29, 1.82) is 0 Å². The molecule has 2 aromatic heterocycles. The van der Waals surface area contributed by atoms with Crippen LogP contribution in [0.4, 0.5) is 19.0 Å². The van der Waals surface area contributed by atoms with Crippen molar-refractivity contribution in [3.63, 3.8) is 0 Å². The third kappa shape index (κ3) is 5.78. The highest BCUT2D eigenvalue weighted by Gasteiger charge is 2.33. The number of Topliss-reactive ketones (excluding diaryl/α,β-unsaturated/α-hetero) is 1. The Balaban J connectivity index is 1.61. The second-order valence-electron chi connectivity index (χ2n) is 6.73. The molecular weight excluding hydrogens is 411 g/mol. The molecule has 0 fully saturated rings. The lowest BCUT2D eigenvalue weighted by Crippen LogP contribution is -2.12. The molecule has 0 aliphatic heterocycles. The van der Waals surface area contributed by atoms with E-state index in [-0.39, 0.29) is 60.2 Å². The zero-order valence-corrected chi connectivity index (χ0v) is 16.7. The van der Waals surface area contributed by atoms with Crippen LogP contribution < -0.4 is 10.1 Å². The molecule has 1 amide bonds. The van der Waals surface area contributed by atoms with E-state index in [2.05, 4.69) is 15.3 Å². The van der Waals surface area contributed by atoms with Gasteiger partial charge in [0, 0.05) is 36.1 Å². The molecule has 0 aliphatic carbocycles. The summed E-state index contributed by atoms with van der Waals surface area (Å²) < 4.78 is 45.5. The molecule has 0 radical (unpaired) electrons. The molecule has 3 aromatic rings. The summed E-state index contributed by atoms with van der Waals surface area (Å²) in [6, 6.07) is 9.85. The molecule has 1 N–H and O–H groups in total. The van der Waals surface area contributed by atoms with Crippen LogP contribution in [0.5, 0.6) is 5.88 Å². The van der Waals surface area contributed by atoms with Gasteiger partial charge in [-0.1, -0.05) is 25.1 Å². The molecule has 3 rings (SSSR count). The maximum atomic E-state index is 13.4. The molecule has 0 unspecified atom stereocenters. The fourth-order valence-electron chi connectivity index (χ4n) is 2.92. The number of fused-ring (bicyclic) bond motifs is 1. The Morgan fingerprint density at radius 3 is 2.65 bits per heavy atom. The van der Waals surface area contributed by atoms with Gasteiger partial charge in [0.25, 0.3) is 0 Å². The third-order valence-electron chi connectivity index (χ3n) is 4.47. The van der Waals surface area contributed by atoms with Gasteiger partial charge in [0.2, 0.25) is 11.8 Å². The van der Waals surface area contributed by atoms with E-state index in [0.717, 1.165) is 6.07 Å². The van der Waals surface area contributed by atoms with Crippen molar-refractivity contribution in [1.82, 2.24) is 9.97 Å². The quantitative estimate of drug-likeness (QED) is 0.399. The lowest BCUT2D eigenvalue weighted by molar-refractivity contribution is -0.136. The maximum Gasteiger partial charge on any atom is 0.417 e. The number of halogens is 3. The fraction of sp³-hybridized carbons (Fsp3) is 0.273. The van der Waals surface area contributed by atoms with E-state index < -0.39 is 11.7 Å². The van der Waals surface area contributed by atoms with Gasteiger partial charge in [0.1, 0.15) is 5.82 Å². The van der Waals surface area contributed by atoms with E-state index in [1.165, 1.54) is 36.5 Å². The van der Waals surface area contributed by atoms with Gasteiger partial charge < -0.3 is 10.1 Å².